The van der Waals surface area contributed by atoms with Crippen molar-refractivity contribution in [2.45, 2.75) is 25.7 Å². The maximum Gasteiger partial charge on any atom is 0.224 e. The lowest BCUT2D eigenvalue weighted by atomic mass is 9.93. The lowest BCUT2D eigenvalue weighted by molar-refractivity contribution is -0.116. The van der Waals surface area contributed by atoms with Gasteiger partial charge in [-0.25, -0.2) is 0 Å². The minimum absolute atomic E-state index is 0.0548. The van der Waals surface area contributed by atoms with E-state index in [2.05, 4.69) is 10.6 Å². The molecule has 1 aliphatic heterocycles. The molecule has 18 heavy (non-hydrogen) atoms. The van der Waals surface area contributed by atoms with Gasteiger partial charge in [-0.2, -0.15) is 0 Å². The van der Waals surface area contributed by atoms with Crippen molar-refractivity contribution in [3.8, 4) is 5.75 Å². The summed E-state index contributed by atoms with van der Waals surface area (Å²) in [4.78, 5) is 11.8. The van der Waals surface area contributed by atoms with Crippen molar-refractivity contribution >= 4 is 11.6 Å². The van der Waals surface area contributed by atoms with Crippen molar-refractivity contribution in [3.63, 3.8) is 0 Å². The van der Waals surface area contributed by atoms with Gasteiger partial charge >= 0.3 is 0 Å². The molecule has 0 spiro atoms. The van der Waals surface area contributed by atoms with Crippen LogP contribution in [-0.4, -0.2) is 24.1 Å². The number of hydrogen-bond acceptors (Lipinski definition) is 3. The van der Waals surface area contributed by atoms with E-state index in [0.717, 1.165) is 25.2 Å². The number of piperidine rings is 1. The molecule has 1 amide bonds. The molecule has 0 radical (unpaired) electrons. The monoisotopic (exact) mass is 248 g/mol. The third-order valence-corrected chi connectivity index (χ3v) is 3.39. The van der Waals surface area contributed by atoms with Gasteiger partial charge in [0.2, 0.25) is 5.91 Å². The average molecular weight is 248 g/mol. The van der Waals surface area contributed by atoms with Crippen LogP contribution in [0.5, 0.6) is 5.75 Å². The molecule has 0 aromatic heterocycles. The number of aromatic hydroxyl groups is 1. The maximum atomic E-state index is 11.8. The van der Waals surface area contributed by atoms with Crippen LogP contribution in [0.15, 0.2) is 24.3 Å². The summed E-state index contributed by atoms with van der Waals surface area (Å²) < 4.78 is 0. The Bertz CT molecular complexity index is 383. The van der Waals surface area contributed by atoms with Gasteiger partial charge in [-0.15, -0.1) is 0 Å². The van der Waals surface area contributed by atoms with Crippen LogP contribution in [0.4, 0.5) is 5.69 Å². The fourth-order valence-corrected chi connectivity index (χ4v) is 2.27. The summed E-state index contributed by atoms with van der Waals surface area (Å²) in [7, 11) is 0. The molecular weight excluding hydrogens is 228 g/mol. The summed E-state index contributed by atoms with van der Waals surface area (Å²) in [5, 5.41) is 15.3. The molecule has 1 aromatic rings. The zero-order chi connectivity index (χ0) is 12.8. The highest BCUT2D eigenvalue weighted by molar-refractivity contribution is 5.90. The van der Waals surface area contributed by atoms with Gasteiger partial charge in [0, 0.05) is 12.1 Å². The van der Waals surface area contributed by atoms with Crippen LogP contribution in [0.2, 0.25) is 0 Å². The van der Waals surface area contributed by atoms with Crippen molar-refractivity contribution in [1.29, 1.82) is 0 Å². The van der Waals surface area contributed by atoms with Crippen LogP contribution in [0.3, 0.4) is 0 Å². The van der Waals surface area contributed by atoms with E-state index in [-0.39, 0.29) is 11.7 Å². The second kappa shape index (κ2) is 6.40. The van der Waals surface area contributed by atoms with Gasteiger partial charge < -0.3 is 15.7 Å². The quantitative estimate of drug-likeness (QED) is 0.715. The van der Waals surface area contributed by atoms with Crippen molar-refractivity contribution < 1.29 is 9.90 Å². The van der Waals surface area contributed by atoms with E-state index in [1.807, 2.05) is 0 Å². The molecule has 0 unspecified atom stereocenters. The van der Waals surface area contributed by atoms with E-state index >= 15 is 0 Å². The van der Waals surface area contributed by atoms with Gasteiger partial charge in [-0.05, 0) is 62.5 Å². The number of phenols is 1. The minimum Gasteiger partial charge on any atom is -0.508 e. The van der Waals surface area contributed by atoms with Gasteiger partial charge in [0.1, 0.15) is 5.75 Å². The highest BCUT2D eigenvalue weighted by Crippen LogP contribution is 2.19. The molecule has 0 atom stereocenters. The van der Waals surface area contributed by atoms with Crippen LogP contribution in [-0.2, 0) is 4.79 Å². The molecule has 1 heterocycles. The van der Waals surface area contributed by atoms with E-state index < -0.39 is 0 Å². The number of carbonyl (C=O) groups excluding carboxylic acids is 1. The predicted octanol–water partition coefficient (Wildman–Crippen LogP) is 2.11. The van der Waals surface area contributed by atoms with Crippen LogP contribution in [0.25, 0.3) is 0 Å². The van der Waals surface area contributed by atoms with Crippen molar-refractivity contribution in [3.05, 3.63) is 24.3 Å². The second-order valence-corrected chi connectivity index (χ2v) is 4.83. The van der Waals surface area contributed by atoms with E-state index in [4.69, 9.17) is 5.11 Å². The van der Waals surface area contributed by atoms with Gasteiger partial charge in [0.15, 0.2) is 0 Å². The highest BCUT2D eigenvalue weighted by atomic mass is 16.3. The van der Waals surface area contributed by atoms with E-state index in [1.165, 1.54) is 12.8 Å². The molecule has 3 N–H and O–H groups in total. The number of nitrogens with one attached hydrogen (secondary N) is 2. The molecule has 0 bridgehead atoms. The SMILES string of the molecule is O=C(CCC1CCNCC1)Nc1ccc(O)cc1. The standard InChI is InChI=1S/C14H20N2O2/c17-13-4-2-12(3-5-13)16-14(18)6-1-11-7-9-15-10-8-11/h2-5,11,15,17H,1,6-10H2,(H,16,18). The van der Waals surface area contributed by atoms with E-state index in [0.29, 0.717) is 12.3 Å². The molecule has 4 nitrogen and oxygen atoms in total. The lowest BCUT2D eigenvalue weighted by Gasteiger charge is -2.22. The maximum absolute atomic E-state index is 11.8. The Hall–Kier alpha value is -1.55. The molecule has 1 fully saturated rings. The molecule has 2 rings (SSSR count). The fourth-order valence-electron chi connectivity index (χ4n) is 2.27. The van der Waals surface area contributed by atoms with Crippen LogP contribution < -0.4 is 10.6 Å². The largest absolute Gasteiger partial charge is 0.508 e. The molecule has 1 aliphatic rings. The smallest absolute Gasteiger partial charge is 0.224 e. The Kier molecular flexibility index (Phi) is 4.59. The highest BCUT2D eigenvalue weighted by Gasteiger charge is 2.14. The first-order valence-corrected chi connectivity index (χ1v) is 6.53. The van der Waals surface area contributed by atoms with E-state index in [1.54, 1.807) is 24.3 Å². The molecule has 1 aromatic carbocycles. The van der Waals surface area contributed by atoms with Crippen LogP contribution in [0, 0.1) is 5.92 Å². The second-order valence-electron chi connectivity index (χ2n) is 4.83. The van der Waals surface area contributed by atoms with Crippen LogP contribution >= 0.6 is 0 Å². The van der Waals surface area contributed by atoms with Gasteiger partial charge in [0.25, 0.3) is 0 Å². The summed E-state index contributed by atoms with van der Waals surface area (Å²) in [6, 6.07) is 6.56. The number of hydrogen-bond donors (Lipinski definition) is 3. The lowest BCUT2D eigenvalue weighted by Crippen LogP contribution is -2.28. The normalized spacial score (nSPS) is 16.4. The number of carbonyl (C=O) groups is 1. The Balaban J connectivity index is 1.73. The zero-order valence-corrected chi connectivity index (χ0v) is 10.5. The molecular formula is C14H20N2O2. The number of amides is 1. The first kappa shape index (κ1) is 12.9. The van der Waals surface area contributed by atoms with Crippen molar-refractivity contribution in [2.75, 3.05) is 18.4 Å². The fraction of sp³-hybridized carbons (Fsp3) is 0.500. The molecule has 0 saturated carbocycles. The van der Waals surface area contributed by atoms with Crippen molar-refractivity contribution in [2.24, 2.45) is 5.92 Å². The topological polar surface area (TPSA) is 61.4 Å². The number of benzene rings is 1. The predicted molar refractivity (Wildman–Crippen MR) is 71.6 cm³/mol. The van der Waals surface area contributed by atoms with Gasteiger partial charge in [-0.1, -0.05) is 0 Å². The summed E-state index contributed by atoms with van der Waals surface area (Å²) >= 11 is 0. The molecule has 98 valence electrons. The summed E-state index contributed by atoms with van der Waals surface area (Å²) in [6.45, 7) is 2.15. The number of phenolic OH excluding ortho intramolecular Hbond substituents is 1. The first-order chi connectivity index (χ1) is 8.74. The molecule has 0 aliphatic carbocycles. The average Bonchev–Trinajstić information content (AvgIpc) is 2.40. The Morgan fingerprint density at radius 1 is 1.28 bits per heavy atom. The summed E-state index contributed by atoms with van der Waals surface area (Å²) in [6.07, 6.45) is 3.89. The number of rotatable bonds is 4. The Morgan fingerprint density at radius 3 is 2.61 bits per heavy atom. The summed E-state index contributed by atoms with van der Waals surface area (Å²) in [5.41, 5.74) is 0.739. The summed E-state index contributed by atoms with van der Waals surface area (Å²) in [5.74, 6) is 0.943. The van der Waals surface area contributed by atoms with Crippen molar-refractivity contribution in [1.82, 2.24) is 5.32 Å². The third kappa shape index (κ3) is 4.04. The molecule has 1 saturated heterocycles. The van der Waals surface area contributed by atoms with Gasteiger partial charge in [0.05, 0.1) is 0 Å². The zero-order valence-electron chi connectivity index (χ0n) is 10.5. The first-order valence-electron chi connectivity index (χ1n) is 6.53. The van der Waals surface area contributed by atoms with Gasteiger partial charge in [-0.3, -0.25) is 4.79 Å². The molecule has 4 heteroatoms. The Morgan fingerprint density at radius 2 is 1.94 bits per heavy atom. The number of anilines is 1. The Labute approximate surface area is 107 Å². The minimum atomic E-state index is 0.0548. The third-order valence-electron chi connectivity index (χ3n) is 3.39. The van der Waals surface area contributed by atoms with E-state index in [9.17, 15) is 4.79 Å². The van der Waals surface area contributed by atoms with Crippen LogP contribution in [0.1, 0.15) is 25.7 Å².